The van der Waals surface area contributed by atoms with Gasteiger partial charge in [-0.2, -0.15) is 0 Å². The maximum absolute atomic E-state index is 12.7. The minimum Gasteiger partial charge on any atom is -0.439 e. The average molecular weight is 326 g/mol. The average Bonchev–Trinajstić information content (AvgIpc) is 3.03. The Morgan fingerprint density at radius 2 is 2.12 bits per heavy atom. The molecule has 1 saturated heterocycles. The molecule has 2 heterocycles. The molecule has 2 atom stereocenters. The van der Waals surface area contributed by atoms with Crippen LogP contribution in [0.1, 0.15) is 36.5 Å². The third-order valence-corrected chi connectivity index (χ3v) is 4.20. The van der Waals surface area contributed by atoms with Crippen LogP contribution in [-0.4, -0.2) is 39.6 Å². The van der Waals surface area contributed by atoms with Crippen LogP contribution in [0, 0.1) is 0 Å². The second kappa shape index (κ2) is 7.45. The van der Waals surface area contributed by atoms with Crippen LogP contribution in [0.5, 0.6) is 11.6 Å². The van der Waals surface area contributed by atoms with Crippen molar-refractivity contribution < 1.29 is 14.6 Å². The third kappa shape index (κ3) is 3.92. The standard InChI is InChI=1S/C19H22N2O3/c1-14(22)12-16-6-5-11-21(16)19(23)15-9-10-18(20-13-15)24-17-7-3-2-4-8-17/h2-4,7-10,13-14,16,22H,5-6,11-12H2,1H3. The highest BCUT2D eigenvalue weighted by molar-refractivity contribution is 5.94. The van der Waals surface area contributed by atoms with E-state index in [2.05, 4.69) is 4.98 Å². The lowest BCUT2D eigenvalue weighted by Crippen LogP contribution is -2.37. The highest BCUT2D eigenvalue weighted by Gasteiger charge is 2.30. The van der Waals surface area contributed by atoms with Crippen LogP contribution in [0.3, 0.4) is 0 Å². The molecule has 1 N–H and O–H groups in total. The fraction of sp³-hybridized carbons (Fsp3) is 0.368. The van der Waals surface area contributed by atoms with Gasteiger partial charge in [0.25, 0.3) is 5.91 Å². The van der Waals surface area contributed by atoms with Gasteiger partial charge in [-0.25, -0.2) is 4.98 Å². The number of hydrogen-bond acceptors (Lipinski definition) is 4. The van der Waals surface area contributed by atoms with Crippen molar-refractivity contribution in [2.75, 3.05) is 6.54 Å². The van der Waals surface area contributed by atoms with E-state index in [9.17, 15) is 9.90 Å². The Labute approximate surface area is 141 Å². The molecule has 0 aliphatic carbocycles. The lowest BCUT2D eigenvalue weighted by molar-refractivity contribution is 0.0681. The highest BCUT2D eigenvalue weighted by Crippen LogP contribution is 2.24. The fourth-order valence-electron chi connectivity index (χ4n) is 3.08. The molecule has 24 heavy (non-hydrogen) atoms. The number of likely N-dealkylation sites (tertiary alicyclic amines) is 1. The smallest absolute Gasteiger partial charge is 0.255 e. The number of aromatic nitrogens is 1. The lowest BCUT2D eigenvalue weighted by atomic mass is 10.1. The van der Waals surface area contributed by atoms with E-state index in [-0.39, 0.29) is 11.9 Å². The Balaban J connectivity index is 1.67. The van der Waals surface area contributed by atoms with E-state index in [0.29, 0.717) is 23.6 Å². The largest absolute Gasteiger partial charge is 0.439 e. The van der Waals surface area contributed by atoms with Crippen molar-refractivity contribution >= 4 is 5.91 Å². The lowest BCUT2D eigenvalue weighted by Gasteiger charge is -2.25. The predicted molar refractivity (Wildman–Crippen MR) is 91.1 cm³/mol. The number of carbonyl (C=O) groups excluding carboxylic acids is 1. The van der Waals surface area contributed by atoms with Crippen molar-refractivity contribution in [1.29, 1.82) is 0 Å². The molecule has 1 aromatic carbocycles. The molecular formula is C19H22N2O3. The van der Waals surface area contributed by atoms with E-state index in [0.717, 1.165) is 19.4 Å². The highest BCUT2D eigenvalue weighted by atomic mass is 16.5. The number of hydrogen-bond donors (Lipinski definition) is 1. The van der Waals surface area contributed by atoms with Gasteiger partial charge >= 0.3 is 0 Å². The van der Waals surface area contributed by atoms with E-state index in [1.165, 1.54) is 0 Å². The molecule has 5 heteroatoms. The summed E-state index contributed by atoms with van der Waals surface area (Å²) in [5.74, 6) is 1.14. The SMILES string of the molecule is CC(O)CC1CCCN1C(=O)c1ccc(Oc2ccccc2)nc1. The first-order valence-electron chi connectivity index (χ1n) is 8.31. The normalized spacial score (nSPS) is 18.4. The van der Waals surface area contributed by atoms with Crippen LogP contribution in [0.4, 0.5) is 0 Å². The van der Waals surface area contributed by atoms with E-state index >= 15 is 0 Å². The number of para-hydroxylation sites is 1. The fourth-order valence-corrected chi connectivity index (χ4v) is 3.08. The number of aliphatic hydroxyl groups is 1. The van der Waals surface area contributed by atoms with Gasteiger partial charge in [0.2, 0.25) is 5.88 Å². The summed E-state index contributed by atoms with van der Waals surface area (Å²) in [6.07, 6.45) is 3.70. The van der Waals surface area contributed by atoms with Crippen LogP contribution in [0.15, 0.2) is 48.7 Å². The summed E-state index contributed by atoms with van der Waals surface area (Å²) in [7, 11) is 0. The first kappa shape index (κ1) is 16.5. The monoisotopic (exact) mass is 326 g/mol. The van der Waals surface area contributed by atoms with E-state index in [1.54, 1.807) is 25.3 Å². The summed E-state index contributed by atoms with van der Waals surface area (Å²) in [6, 6.07) is 13.0. The summed E-state index contributed by atoms with van der Waals surface area (Å²) in [5, 5.41) is 9.59. The maximum Gasteiger partial charge on any atom is 0.255 e. The number of aliphatic hydroxyl groups excluding tert-OH is 1. The molecular weight excluding hydrogens is 304 g/mol. The van der Waals surface area contributed by atoms with Gasteiger partial charge in [0, 0.05) is 24.8 Å². The summed E-state index contributed by atoms with van der Waals surface area (Å²) in [5.41, 5.74) is 0.549. The van der Waals surface area contributed by atoms with Gasteiger partial charge in [0.15, 0.2) is 0 Å². The number of rotatable bonds is 5. The molecule has 126 valence electrons. The molecule has 1 amide bonds. The first-order chi connectivity index (χ1) is 11.6. The molecule has 3 rings (SSSR count). The topological polar surface area (TPSA) is 62.7 Å². The molecule has 2 unspecified atom stereocenters. The number of carbonyl (C=O) groups is 1. The third-order valence-electron chi connectivity index (χ3n) is 4.20. The molecule has 5 nitrogen and oxygen atoms in total. The Kier molecular flexibility index (Phi) is 5.11. The van der Waals surface area contributed by atoms with Gasteiger partial charge in [-0.05, 0) is 44.4 Å². The van der Waals surface area contributed by atoms with Crippen LogP contribution in [0.25, 0.3) is 0 Å². The molecule has 1 aliphatic heterocycles. The molecule has 1 aliphatic rings. The minimum atomic E-state index is -0.400. The van der Waals surface area contributed by atoms with Crippen molar-refractivity contribution in [2.45, 2.75) is 38.3 Å². The second-order valence-corrected chi connectivity index (χ2v) is 6.18. The van der Waals surface area contributed by atoms with Crippen molar-refractivity contribution in [2.24, 2.45) is 0 Å². The second-order valence-electron chi connectivity index (χ2n) is 6.18. The minimum absolute atomic E-state index is 0.0306. The number of pyridine rings is 1. The Morgan fingerprint density at radius 1 is 1.33 bits per heavy atom. The first-order valence-corrected chi connectivity index (χ1v) is 8.31. The summed E-state index contributed by atoms with van der Waals surface area (Å²) >= 11 is 0. The molecule has 2 aromatic rings. The molecule has 0 spiro atoms. The van der Waals surface area contributed by atoms with Crippen molar-refractivity contribution in [3.8, 4) is 11.6 Å². The van der Waals surface area contributed by atoms with Crippen LogP contribution in [-0.2, 0) is 0 Å². The number of amides is 1. The Hall–Kier alpha value is -2.40. The van der Waals surface area contributed by atoms with Gasteiger partial charge in [-0.1, -0.05) is 18.2 Å². The molecule has 1 aromatic heterocycles. The number of ether oxygens (including phenoxy) is 1. The van der Waals surface area contributed by atoms with E-state index in [1.807, 2.05) is 35.2 Å². The van der Waals surface area contributed by atoms with Crippen molar-refractivity contribution in [1.82, 2.24) is 9.88 Å². The summed E-state index contributed by atoms with van der Waals surface area (Å²) in [6.45, 7) is 2.50. The Morgan fingerprint density at radius 3 is 2.79 bits per heavy atom. The van der Waals surface area contributed by atoms with Crippen molar-refractivity contribution in [3.05, 3.63) is 54.2 Å². The molecule has 1 fully saturated rings. The Bertz CT molecular complexity index is 671. The molecule has 0 saturated carbocycles. The summed E-state index contributed by atoms with van der Waals surface area (Å²) < 4.78 is 5.64. The van der Waals surface area contributed by atoms with Gasteiger partial charge in [-0.3, -0.25) is 4.79 Å². The van der Waals surface area contributed by atoms with Crippen LogP contribution in [0.2, 0.25) is 0 Å². The van der Waals surface area contributed by atoms with Gasteiger partial charge in [-0.15, -0.1) is 0 Å². The van der Waals surface area contributed by atoms with Crippen LogP contribution >= 0.6 is 0 Å². The van der Waals surface area contributed by atoms with Crippen LogP contribution < -0.4 is 4.74 Å². The van der Waals surface area contributed by atoms with E-state index in [4.69, 9.17) is 4.74 Å². The van der Waals surface area contributed by atoms with Crippen molar-refractivity contribution in [3.63, 3.8) is 0 Å². The quantitative estimate of drug-likeness (QED) is 0.916. The molecule has 0 bridgehead atoms. The maximum atomic E-state index is 12.7. The molecule has 0 radical (unpaired) electrons. The zero-order chi connectivity index (χ0) is 16.9. The van der Waals surface area contributed by atoms with E-state index < -0.39 is 6.10 Å². The van der Waals surface area contributed by atoms with Gasteiger partial charge in [0.1, 0.15) is 5.75 Å². The summed E-state index contributed by atoms with van der Waals surface area (Å²) in [4.78, 5) is 18.8. The predicted octanol–water partition coefficient (Wildman–Crippen LogP) is 3.25. The number of benzene rings is 1. The number of nitrogens with zero attached hydrogens (tertiary/aromatic N) is 2. The van der Waals surface area contributed by atoms with Gasteiger partial charge in [0.05, 0.1) is 11.7 Å². The zero-order valence-electron chi connectivity index (χ0n) is 13.8. The zero-order valence-corrected chi connectivity index (χ0v) is 13.8. The van der Waals surface area contributed by atoms with Gasteiger partial charge < -0.3 is 14.7 Å².